The second kappa shape index (κ2) is 2.67. The van der Waals surface area contributed by atoms with Crippen molar-refractivity contribution >= 4 is 5.57 Å². The molecule has 1 aromatic rings. The molecular formula is C11H11O. The average molecular weight is 159 g/mol. The predicted octanol–water partition coefficient (Wildman–Crippen LogP) is 3.22. The van der Waals surface area contributed by atoms with Crippen molar-refractivity contribution in [2.75, 3.05) is 0 Å². The van der Waals surface area contributed by atoms with Gasteiger partial charge in [0.15, 0.2) is 0 Å². The highest BCUT2D eigenvalue weighted by Crippen LogP contribution is 2.31. The van der Waals surface area contributed by atoms with E-state index in [-0.39, 0.29) is 0 Å². The van der Waals surface area contributed by atoms with Crippen LogP contribution in [0.2, 0.25) is 0 Å². The number of hydrogen-bond acceptors (Lipinski definition) is 1. The Balaban J connectivity index is 2.35. The van der Waals surface area contributed by atoms with Crippen LogP contribution in [0, 0.1) is 6.42 Å². The third kappa shape index (κ3) is 1.11. The van der Waals surface area contributed by atoms with Gasteiger partial charge in [-0.05, 0) is 31.6 Å². The Bertz CT molecular complexity index is 339. The maximum atomic E-state index is 5.31. The zero-order chi connectivity index (χ0) is 8.55. The van der Waals surface area contributed by atoms with Gasteiger partial charge in [0.25, 0.3) is 0 Å². The van der Waals surface area contributed by atoms with E-state index in [1.54, 1.807) is 6.26 Å². The predicted molar refractivity (Wildman–Crippen MR) is 49.4 cm³/mol. The van der Waals surface area contributed by atoms with Gasteiger partial charge in [-0.1, -0.05) is 11.6 Å². The monoisotopic (exact) mass is 159 g/mol. The molecule has 0 spiro atoms. The average Bonchev–Trinajstić information content (AvgIpc) is 2.58. The summed E-state index contributed by atoms with van der Waals surface area (Å²) < 4.78 is 5.31. The maximum absolute atomic E-state index is 5.31. The molecule has 0 amide bonds. The van der Waals surface area contributed by atoms with E-state index >= 15 is 0 Å². The first-order valence-corrected chi connectivity index (χ1v) is 4.05. The molecule has 0 saturated heterocycles. The van der Waals surface area contributed by atoms with Crippen molar-refractivity contribution in [2.24, 2.45) is 0 Å². The molecule has 0 N–H and O–H groups in total. The van der Waals surface area contributed by atoms with E-state index in [2.05, 4.69) is 26.3 Å². The zero-order valence-electron chi connectivity index (χ0n) is 7.29. The van der Waals surface area contributed by atoms with Crippen LogP contribution in [0.5, 0.6) is 0 Å². The molecule has 1 nitrogen and oxygen atoms in total. The van der Waals surface area contributed by atoms with Crippen LogP contribution in [0.25, 0.3) is 5.57 Å². The van der Waals surface area contributed by atoms with E-state index in [1.807, 2.05) is 12.1 Å². The van der Waals surface area contributed by atoms with Crippen molar-refractivity contribution in [1.29, 1.82) is 0 Å². The molecule has 0 unspecified atom stereocenters. The molecule has 2 rings (SSSR count). The van der Waals surface area contributed by atoms with Gasteiger partial charge in [0.2, 0.25) is 0 Å². The minimum atomic E-state index is 0.959. The molecule has 0 aromatic carbocycles. The molecule has 12 heavy (non-hydrogen) atoms. The van der Waals surface area contributed by atoms with Crippen LogP contribution >= 0.6 is 0 Å². The Labute approximate surface area is 72.4 Å². The molecule has 0 fully saturated rings. The van der Waals surface area contributed by atoms with Crippen LogP contribution in [0.1, 0.15) is 19.6 Å². The van der Waals surface area contributed by atoms with Crippen molar-refractivity contribution in [2.45, 2.75) is 13.8 Å². The minimum absolute atomic E-state index is 0.959. The van der Waals surface area contributed by atoms with E-state index < -0.39 is 0 Å². The smallest absolute Gasteiger partial charge is 0.130 e. The second-order valence-electron chi connectivity index (χ2n) is 3.11. The summed E-state index contributed by atoms with van der Waals surface area (Å²) in [5.41, 5.74) is 3.78. The molecule has 1 aromatic heterocycles. The van der Waals surface area contributed by atoms with Gasteiger partial charge in [0.1, 0.15) is 5.76 Å². The van der Waals surface area contributed by atoms with Gasteiger partial charge in [-0.2, -0.15) is 0 Å². The Morgan fingerprint density at radius 1 is 1.25 bits per heavy atom. The lowest BCUT2D eigenvalue weighted by molar-refractivity contribution is 0.553. The summed E-state index contributed by atoms with van der Waals surface area (Å²) >= 11 is 0. The first kappa shape index (κ1) is 7.41. The van der Waals surface area contributed by atoms with Gasteiger partial charge in [0, 0.05) is 12.0 Å². The Kier molecular flexibility index (Phi) is 1.65. The molecule has 61 valence electrons. The lowest BCUT2D eigenvalue weighted by Crippen LogP contribution is -1.80. The largest absolute Gasteiger partial charge is 0.465 e. The highest BCUT2D eigenvalue weighted by molar-refractivity contribution is 5.80. The Hall–Kier alpha value is -1.24. The third-order valence-electron chi connectivity index (χ3n) is 2.03. The molecule has 0 aliphatic heterocycles. The summed E-state index contributed by atoms with van der Waals surface area (Å²) in [5, 5.41) is 0. The third-order valence-corrected chi connectivity index (χ3v) is 2.03. The summed E-state index contributed by atoms with van der Waals surface area (Å²) in [6.45, 7) is 4.20. The topological polar surface area (TPSA) is 13.1 Å². The highest BCUT2D eigenvalue weighted by atomic mass is 16.3. The van der Waals surface area contributed by atoms with Gasteiger partial charge in [0.05, 0.1) is 6.26 Å². The molecule has 0 atom stereocenters. The zero-order valence-corrected chi connectivity index (χ0v) is 7.29. The molecular weight excluding hydrogens is 148 g/mol. The van der Waals surface area contributed by atoms with Gasteiger partial charge >= 0.3 is 0 Å². The van der Waals surface area contributed by atoms with Crippen LogP contribution in [0.4, 0.5) is 0 Å². The fourth-order valence-electron chi connectivity index (χ4n) is 1.50. The maximum Gasteiger partial charge on any atom is 0.130 e. The normalized spacial score (nSPS) is 17.0. The van der Waals surface area contributed by atoms with E-state index in [4.69, 9.17) is 4.42 Å². The van der Waals surface area contributed by atoms with Crippen molar-refractivity contribution < 1.29 is 4.42 Å². The van der Waals surface area contributed by atoms with Crippen LogP contribution in [0.3, 0.4) is 0 Å². The summed E-state index contributed by atoms with van der Waals surface area (Å²) in [6, 6.07) is 3.90. The quantitative estimate of drug-likeness (QED) is 0.613. The van der Waals surface area contributed by atoms with Gasteiger partial charge < -0.3 is 4.42 Å². The van der Waals surface area contributed by atoms with Crippen molar-refractivity contribution in [3.8, 4) is 0 Å². The van der Waals surface area contributed by atoms with Crippen molar-refractivity contribution in [3.05, 3.63) is 47.8 Å². The molecule has 0 saturated carbocycles. The molecule has 0 bridgehead atoms. The van der Waals surface area contributed by atoms with Gasteiger partial charge in [-0.25, -0.2) is 0 Å². The summed E-state index contributed by atoms with van der Waals surface area (Å²) in [5.74, 6) is 0.959. The van der Waals surface area contributed by atoms with Crippen LogP contribution < -0.4 is 0 Å². The number of allylic oxidation sites excluding steroid dienone is 4. The van der Waals surface area contributed by atoms with Crippen LogP contribution in [-0.4, -0.2) is 0 Å². The Morgan fingerprint density at radius 2 is 2.08 bits per heavy atom. The van der Waals surface area contributed by atoms with E-state index in [9.17, 15) is 0 Å². The second-order valence-corrected chi connectivity index (χ2v) is 3.11. The summed E-state index contributed by atoms with van der Waals surface area (Å²) in [7, 11) is 0. The van der Waals surface area contributed by atoms with Gasteiger partial charge in [-0.15, -0.1) is 0 Å². The molecule has 1 radical (unpaired) electrons. The summed E-state index contributed by atoms with van der Waals surface area (Å²) in [6.07, 6.45) is 6.02. The fourth-order valence-corrected chi connectivity index (χ4v) is 1.50. The minimum Gasteiger partial charge on any atom is -0.465 e. The molecule has 1 aliphatic rings. The lowest BCUT2D eigenvalue weighted by Gasteiger charge is -1.98. The fraction of sp³-hybridized carbons (Fsp3) is 0.182. The van der Waals surface area contributed by atoms with Crippen LogP contribution in [-0.2, 0) is 0 Å². The first-order valence-electron chi connectivity index (χ1n) is 4.05. The van der Waals surface area contributed by atoms with E-state index in [0.29, 0.717) is 0 Å². The van der Waals surface area contributed by atoms with Gasteiger partial charge in [-0.3, -0.25) is 0 Å². The van der Waals surface area contributed by atoms with Crippen LogP contribution in [0.15, 0.2) is 40.0 Å². The molecule has 1 heterocycles. The van der Waals surface area contributed by atoms with Crippen molar-refractivity contribution in [3.63, 3.8) is 0 Å². The lowest BCUT2D eigenvalue weighted by atomic mass is 10.1. The number of rotatable bonds is 1. The van der Waals surface area contributed by atoms with E-state index in [0.717, 1.165) is 5.76 Å². The highest BCUT2D eigenvalue weighted by Gasteiger charge is 2.13. The molecule has 1 aliphatic carbocycles. The number of hydrogen-bond donors (Lipinski definition) is 0. The number of furan rings is 1. The molecule has 1 heteroatoms. The first-order chi connectivity index (χ1) is 5.77. The SMILES string of the molecule is CC1=CC(C)=C(c2ccco2)[CH]1. The summed E-state index contributed by atoms with van der Waals surface area (Å²) in [4.78, 5) is 0. The van der Waals surface area contributed by atoms with E-state index in [1.165, 1.54) is 16.7 Å². The Morgan fingerprint density at radius 3 is 2.58 bits per heavy atom. The van der Waals surface area contributed by atoms with Crippen molar-refractivity contribution in [1.82, 2.24) is 0 Å². The standard InChI is InChI=1S/C11H11O/c1-8-6-9(2)10(7-8)11-4-3-5-12-11/h3-7H,1-2H3.